The highest BCUT2D eigenvalue weighted by atomic mass is 14.5. The van der Waals surface area contributed by atoms with Crippen LogP contribution in [0.5, 0.6) is 0 Å². The highest BCUT2D eigenvalue weighted by Crippen LogP contribution is 2.53. The van der Waals surface area contributed by atoms with Crippen molar-refractivity contribution in [2.45, 2.75) is 32.1 Å². The molecule has 3 aliphatic carbocycles. The highest BCUT2D eigenvalue weighted by molar-refractivity contribution is 5.39. The van der Waals surface area contributed by atoms with Crippen LogP contribution in [0.1, 0.15) is 36.8 Å². The molecule has 0 heteroatoms. The summed E-state index contributed by atoms with van der Waals surface area (Å²) in [4.78, 5) is 0. The molecule has 1 aromatic carbocycles. The molecule has 1 aromatic rings. The minimum absolute atomic E-state index is 0.743. The Bertz CT molecular complexity index is 381. The first-order valence-electron chi connectivity index (χ1n) is 6.74. The van der Waals surface area contributed by atoms with Crippen LogP contribution in [0.15, 0.2) is 24.3 Å². The van der Waals surface area contributed by atoms with Gasteiger partial charge < -0.3 is 0 Å². The van der Waals surface area contributed by atoms with Gasteiger partial charge in [-0.3, -0.25) is 0 Å². The number of fused-ring (bicyclic) bond motifs is 3. The van der Waals surface area contributed by atoms with Crippen molar-refractivity contribution in [3.05, 3.63) is 41.8 Å². The van der Waals surface area contributed by atoms with Crippen LogP contribution in [0, 0.1) is 30.1 Å². The lowest BCUT2D eigenvalue weighted by molar-refractivity contribution is 0.258. The van der Waals surface area contributed by atoms with Gasteiger partial charge in [-0.1, -0.05) is 30.7 Å². The second-order valence-corrected chi connectivity index (χ2v) is 5.95. The van der Waals surface area contributed by atoms with Gasteiger partial charge in [0, 0.05) is 6.42 Å². The van der Waals surface area contributed by atoms with Crippen LogP contribution in [0.25, 0.3) is 0 Å². The average molecular weight is 210 g/mol. The molecule has 16 heavy (non-hydrogen) atoms. The quantitative estimate of drug-likeness (QED) is 0.662. The van der Waals surface area contributed by atoms with Crippen LogP contribution in [-0.2, 0) is 6.42 Å². The van der Waals surface area contributed by atoms with Gasteiger partial charge in [0.15, 0.2) is 0 Å². The number of hydrogen-bond donors (Lipinski definition) is 0. The highest BCUT2D eigenvalue weighted by Gasteiger charge is 2.44. The first-order chi connectivity index (χ1) is 7.90. The molecule has 0 heterocycles. The molecule has 0 aliphatic heterocycles. The zero-order chi connectivity index (χ0) is 10.5. The van der Waals surface area contributed by atoms with E-state index < -0.39 is 0 Å². The predicted molar refractivity (Wildman–Crippen MR) is 64.9 cm³/mol. The van der Waals surface area contributed by atoms with Crippen LogP contribution in [0.4, 0.5) is 0 Å². The number of hydrogen-bond acceptors (Lipinski definition) is 0. The molecular formula is C16H18. The fourth-order valence-electron chi connectivity index (χ4n) is 4.37. The molecule has 4 rings (SSSR count). The van der Waals surface area contributed by atoms with E-state index in [-0.39, 0.29) is 0 Å². The Morgan fingerprint density at radius 3 is 2.75 bits per heavy atom. The molecule has 4 atom stereocenters. The molecule has 2 saturated carbocycles. The number of rotatable bonds is 1. The van der Waals surface area contributed by atoms with Crippen molar-refractivity contribution < 1.29 is 0 Å². The van der Waals surface area contributed by atoms with Gasteiger partial charge in [0.1, 0.15) is 0 Å². The van der Waals surface area contributed by atoms with Crippen molar-refractivity contribution in [2.75, 3.05) is 0 Å². The van der Waals surface area contributed by atoms with E-state index >= 15 is 0 Å². The monoisotopic (exact) mass is 210 g/mol. The summed E-state index contributed by atoms with van der Waals surface area (Å²) in [5.74, 6) is 3.82. The second-order valence-electron chi connectivity index (χ2n) is 5.95. The molecule has 0 amide bonds. The molecule has 2 radical (unpaired) electrons. The molecule has 3 aliphatic rings. The molecule has 0 N–H and O–H groups in total. The SMILES string of the molecule is [C]1c2ccccc2CC1C1CC2CCC1C2. The Kier molecular flexibility index (Phi) is 1.94. The van der Waals surface area contributed by atoms with E-state index in [0.29, 0.717) is 0 Å². The minimum Gasteiger partial charge on any atom is -0.0620 e. The Hall–Kier alpha value is -0.780. The summed E-state index contributed by atoms with van der Waals surface area (Å²) in [6.45, 7) is 0. The first kappa shape index (κ1) is 9.27. The zero-order valence-corrected chi connectivity index (χ0v) is 9.65. The zero-order valence-electron chi connectivity index (χ0n) is 9.65. The maximum absolute atomic E-state index is 3.76. The van der Waals surface area contributed by atoms with E-state index in [9.17, 15) is 0 Å². The summed E-state index contributed by atoms with van der Waals surface area (Å²) in [6.07, 6.45) is 11.1. The maximum atomic E-state index is 3.76. The van der Waals surface area contributed by atoms with Crippen molar-refractivity contribution in [3.63, 3.8) is 0 Å². The van der Waals surface area contributed by atoms with Gasteiger partial charge in [-0.15, -0.1) is 0 Å². The molecule has 2 bridgehead atoms. The van der Waals surface area contributed by atoms with Gasteiger partial charge in [-0.2, -0.15) is 0 Å². The van der Waals surface area contributed by atoms with Crippen LogP contribution < -0.4 is 0 Å². The van der Waals surface area contributed by atoms with Crippen molar-refractivity contribution >= 4 is 0 Å². The summed E-state index contributed by atoms with van der Waals surface area (Å²) in [7, 11) is 0. The van der Waals surface area contributed by atoms with Crippen molar-refractivity contribution in [1.82, 2.24) is 0 Å². The van der Waals surface area contributed by atoms with Gasteiger partial charge in [0.25, 0.3) is 0 Å². The van der Waals surface area contributed by atoms with Crippen LogP contribution >= 0.6 is 0 Å². The summed E-state index contributed by atoms with van der Waals surface area (Å²) >= 11 is 0. The standard InChI is InChI=1S/C16H18/c1-2-4-13-10-15(9-12(13)3-1)16-8-11-5-6-14(16)7-11/h1-4,11,14-16H,5-9H2. The fraction of sp³-hybridized carbons (Fsp3) is 0.562. The largest absolute Gasteiger partial charge is 0.0620 e. The second kappa shape index (κ2) is 3.35. The summed E-state index contributed by atoms with van der Waals surface area (Å²) in [6, 6.07) is 8.84. The molecule has 2 fully saturated rings. The van der Waals surface area contributed by atoms with Gasteiger partial charge in [-0.05, 0) is 60.5 Å². The third kappa shape index (κ3) is 1.28. The van der Waals surface area contributed by atoms with Gasteiger partial charge in [-0.25, -0.2) is 0 Å². The van der Waals surface area contributed by atoms with Gasteiger partial charge >= 0.3 is 0 Å². The van der Waals surface area contributed by atoms with E-state index in [4.69, 9.17) is 0 Å². The van der Waals surface area contributed by atoms with Crippen molar-refractivity contribution in [2.24, 2.45) is 23.7 Å². The van der Waals surface area contributed by atoms with Gasteiger partial charge in [0.2, 0.25) is 0 Å². The van der Waals surface area contributed by atoms with E-state index in [1.807, 2.05) is 0 Å². The average Bonchev–Trinajstić information content (AvgIpc) is 3.02. The lowest BCUT2D eigenvalue weighted by Crippen LogP contribution is -2.20. The van der Waals surface area contributed by atoms with E-state index in [0.717, 1.165) is 23.7 Å². The first-order valence-corrected chi connectivity index (χ1v) is 6.74. The Morgan fingerprint density at radius 2 is 2.00 bits per heavy atom. The smallest absolute Gasteiger partial charge is 0.0207 e. The lowest BCUT2D eigenvalue weighted by Gasteiger charge is -2.27. The Labute approximate surface area is 98.1 Å². The summed E-state index contributed by atoms with van der Waals surface area (Å²) in [5, 5.41) is 0. The Balaban J connectivity index is 1.56. The topological polar surface area (TPSA) is 0 Å². The number of benzene rings is 1. The molecule has 82 valence electrons. The normalized spacial score (nSPS) is 36.9. The lowest BCUT2D eigenvalue weighted by atomic mass is 9.78. The van der Waals surface area contributed by atoms with Crippen molar-refractivity contribution in [3.8, 4) is 0 Å². The third-order valence-corrected chi connectivity index (χ3v) is 5.11. The fourth-order valence-corrected chi connectivity index (χ4v) is 4.37. The molecule has 0 nitrogen and oxygen atoms in total. The third-order valence-electron chi connectivity index (χ3n) is 5.11. The molecule has 0 spiro atoms. The molecular weight excluding hydrogens is 192 g/mol. The predicted octanol–water partition coefficient (Wildman–Crippen LogP) is 3.72. The van der Waals surface area contributed by atoms with E-state index in [1.165, 1.54) is 43.2 Å². The molecule has 0 aromatic heterocycles. The van der Waals surface area contributed by atoms with Crippen molar-refractivity contribution in [1.29, 1.82) is 0 Å². The van der Waals surface area contributed by atoms with E-state index in [1.54, 1.807) is 0 Å². The maximum Gasteiger partial charge on any atom is 0.0207 e. The Morgan fingerprint density at radius 1 is 1.06 bits per heavy atom. The summed E-state index contributed by atoms with van der Waals surface area (Å²) < 4.78 is 0. The van der Waals surface area contributed by atoms with Gasteiger partial charge in [0.05, 0.1) is 0 Å². The van der Waals surface area contributed by atoms with Crippen LogP contribution in [0.2, 0.25) is 0 Å². The molecule has 4 unspecified atom stereocenters. The van der Waals surface area contributed by atoms with E-state index in [2.05, 4.69) is 30.7 Å². The minimum atomic E-state index is 0.743. The van der Waals surface area contributed by atoms with Crippen LogP contribution in [0.3, 0.4) is 0 Å². The molecule has 0 saturated heterocycles. The summed E-state index contributed by atoms with van der Waals surface area (Å²) in [5.41, 5.74) is 2.94. The van der Waals surface area contributed by atoms with Crippen LogP contribution in [-0.4, -0.2) is 0 Å².